The van der Waals surface area contributed by atoms with Crippen LogP contribution in [0.5, 0.6) is 0 Å². The van der Waals surface area contributed by atoms with Crippen LogP contribution in [0.1, 0.15) is 19.0 Å². The first-order chi connectivity index (χ1) is 6.29. The summed E-state index contributed by atoms with van der Waals surface area (Å²) >= 11 is 5.63. The average molecular weight is 201 g/mol. The molecule has 0 radical (unpaired) electrons. The number of aromatic nitrogens is 1. The molecule has 1 atom stereocenters. The number of hydrogen-bond donors (Lipinski definition) is 0. The molecule has 0 spiro atoms. The number of nitrogens with zero attached hydrogens (tertiary/aromatic N) is 2. The molecule has 1 aromatic rings. The van der Waals surface area contributed by atoms with Crippen LogP contribution >= 0.6 is 11.6 Å². The van der Waals surface area contributed by atoms with Gasteiger partial charge >= 0.3 is 0 Å². The largest absolute Gasteiger partial charge is 0.432 e. The van der Waals surface area contributed by atoms with E-state index in [1.807, 2.05) is 0 Å². The van der Waals surface area contributed by atoms with Crippen LogP contribution in [0.15, 0.2) is 10.7 Å². The molecule has 3 nitrogen and oxygen atoms in total. The van der Waals surface area contributed by atoms with Crippen LogP contribution in [0.3, 0.4) is 0 Å². The lowest BCUT2D eigenvalue weighted by atomic mass is 10.2. The fourth-order valence-electron chi connectivity index (χ4n) is 1.61. The van der Waals surface area contributed by atoms with E-state index < -0.39 is 0 Å². The van der Waals surface area contributed by atoms with Gasteiger partial charge in [-0.1, -0.05) is 6.92 Å². The Labute approximate surface area is 82.7 Å². The van der Waals surface area contributed by atoms with E-state index in [0.29, 0.717) is 5.88 Å². The quantitative estimate of drug-likeness (QED) is 0.686. The van der Waals surface area contributed by atoms with E-state index in [1.165, 1.54) is 6.42 Å². The van der Waals surface area contributed by atoms with Crippen LogP contribution in [0.25, 0.3) is 0 Å². The topological polar surface area (TPSA) is 29.3 Å². The van der Waals surface area contributed by atoms with E-state index in [4.69, 9.17) is 16.0 Å². The highest BCUT2D eigenvalue weighted by Gasteiger charge is 2.22. The zero-order valence-corrected chi connectivity index (χ0v) is 8.42. The van der Waals surface area contributed by atoms with Gasteiger partial charge in [0, 0.05) is 13.1 Å². The number of anilines is 1. The van der Waals surface area contributed by atoms with Crippen molar-refractivity contribution in [2.24, 2.45) is 5.92 Å². The van der Waals surface area contributed by atoms with Crippen molar-refractivity contribution < 1.29 is 4.42 Å². The molecule has 4 heteroatoms. The highest BCUT2D eigenvalue weighted by Crippen LogP contribution is 2.22. The minimum atomic E-state index is 0.424. The lowest BCUT2D eigenvalue weighted by Crippen LogP contribution is -2.19. The van der Waals surface area contributed by atoms with Crippen LogP contribution in [0, 0.1) is 5.92 Å². The lowest BCUT2D eigenvalue weighted by Gasteiger charge is -2.11. The summed E-state index contributed by atoms with van der Waals surface area (Å²) < 4.78 is 5.32. The van der Waals surface area contributed by atoms with Crippen LogP contribution in [0.4, 0.5) is 6.01 Å². The van der Waals surface area contributed by atoms with E-state index in [0.717, 1.165) is 30.7 Å². The fourth-order valence-corrected chi connectivity index (χ4v) is 1.73. The molecule has 2 rings (SSSR count). The summed E-state index contributed by atoms with van der Waals surface area (Å²) in [6, 6.07) is 0.722. The van der Waals surface area contributed by atoms with Crippen LogP contribution < -0.4 is 4.90 Å². The molecule has 1 aliphatic heterocycles. The molecule has 0 aromatic carbocycles. The number of alkyl halides is 1. The molecule has 0 amide bonds. The fraction of sp³-hybridized carbons (Fsp3) is 0.667. The Morgan fingerprint density at radius 3 is 3.15 bits per heavy atom. The van der Waals surface area contributed by atoms with Gasteiger partial charge in [0.1, 0.15) is 6.26 Å². The predicted octanol–water partition coefficient (Wildman–Crippen LogP) is 2.26. The molecule has 72 valence electrons. The summed E-state index contributed by atoms with van der Waals surface area (Å²) in [5, 5.41) is 0. The third-order valence-corrected chi connectivity index (χ3v) is 2.64. The smallest absolute Gasteiger partial charge is 0.297 e. The Hall–Kier alpha value is -0.700. The Balaban J connectivity index is 2.08. The first-order valence-electron chi connectivity index (χ1n) is 4.55. The minimum absolute atomic E-state index is 0.424. The molecule has 2 heterocycles. The maximum atomic E-state index is 5.63. The summed E-state index contributed by atoms with van der Waals surface area (Å²) in [6.07, 6.45) is 2.85. The van der Waals surface area contributed by atoms with Gasteiger partial charge in [-0.05, 0) is 12.3 Å². The summed E-state index contributed by atoms with van der Waals surface area (Å²) in [4.78, 5) is 6.44. The molecule has 1 saturated heterocycles. The van der Waals surface area contributed by atoms with Crippen molar-refractivity contribution in [2.75, 3.05) is 18.0 Å². The van der Waals surface area contributed by atoms with Crippen molar-refractivity contribution in [3.63, 3.8) is 0 Å². The highest BCUT2D eigenvalue weighted by molar-refractivity contribution is 6.16. The van der Waals surface area contributed by atoms with Crippen molar-refractivity contribution in [3.8, 4) is 0 Å². The van der Waals surface area contributed by atoms with Gasteiger partial charge in [0.2, 0.25) is 0 Å². The van der Waals surface area contributed by atoms with Gasteiger partial charge in [0.05, 0.1) is 11.6 Å². The van der Waals surface area contributed by atoms with Gasteiger partial charge in [0.15, 0.2) is 0 Å². The summed E-state index contributed by atoms with van der Waals surface area (Å²) in [7, 11) is 0. The zero-order chi connectivity index (χ0) is 9.26. The molecule has 13 heavy (non-hydrogen) atoms. The minimum Gasteiger partial charge on any atom is -0.432 e. The van der Waals surface area contributed by atoms with E-state index in [-0.39, 0.29) is 0 Å². The predicted molar refractivity (Wildman–Crippen MR) is 52.1 cm³/mol. The highest BCUT2D eigenvalue weighted by atomic mass is 35.5. The standard InChI is InChI=1S/C9H13ClN2O/c1-7-2-3-12(5-7)9-11-8(4-10)6-13-9/h6-7H,2-5H2,1H3. The first kappa shape index (κ1) is 8.88. The van der Waals surface area contributed by atoms with E-state index in [2.05, 4.69) is 16.8 Å². The van der Waals surface area contributed by atoms with Crippen molar-refractivity contribution in [3.05, 3.63) is 12.0 Å². The maximum Gasteiger partial charge on any atom is 0.297 e. The third-order valence-electron chi connectivity index (χ3n) is 2.37. The third kappa shape index (κ3) is 1.80. The van der Waals surface area contributed by atoms with Crippen LogP contribution in [0.2, 0.25) is 0 Å². The second-order valence-corrected chi connectivity index (χ2v) is 3.86. The number of rotatable bonds is 2. The van der Waals surface area contributed by atoms with Crippen LogP contribution in [-0.4, -0.2) is 18.1 Å². The molecule has 1 fully saturated rings. The Morgan fingerprint density at radius 1 is 1.77 bits per heavy atom. The van der Waals surface area contributed by atoms with Crippen molar-refractivity contribution in [1.82, 2.24) is 4.98 Å². The molecular formula is C9H13ClN2O. The molecule has 0 aliphatic carbocycles. The molecule has 0 N–H and O–H groups in total. The normalized spacial score (nSPS) is 22.6. The van der Waals surface area contributed by atoms with Gasteiger partial charge in [0.25, 0.3) is 6.01 Å². The molecule has 0 saturated carbocycles. The summed E-state index contributed by atoms with van der Waals surface area (Å²) in [5.74, 6) is 1.17. The van der Waals surface area contributed by atoms with Gasteiger partial charge in [-0.2, -0.15) is 4.98 Å². The second-order valence-electron chi connectivity index (χ2n) is 3.59. The van der Waals surface area contributed by atoms with E-state index >= 15 is 0 Å². The number of halogens is 1. The molecule has 1 unspecified atom stereocenters. The van der Waals surface area contributed by atoms with Gasteiger partial charge in [-0.15, -0.1) is 11.6 Å². The van der Waals surface area contributed by atoms with Crippen molar-refractivity contribution in [2.45, 2.75) is 19.2 Å². The Kier molecular flexibility index (Phi) is 2.44. The monoisotopic (exact) mass is 200 g/mol. The lowest BCUT2D eigenvalue weighted by molar-refractivity contribution is 0.542. The van der Waals surface area contributed by atoms with Gasteiger partial charge in [-0.3, -0.25) is 0 Å². The van der Waals surface area contributed by atoms with Crippen LogP contribution in [-0.2, 0) is 5.88 Å². The summed E-state index contributed by atoms with van der Waals surface area (Å²) in [5.41, 5.74) is 0.816. The van der Waals surface area contributed by atoms with Gasteiger partial charge in [-0.25, -0.2) is 0 Å². The average Bonchev–Trinajstić information content (AvgIpc) is 2.71. The van der Waals surface area contributed by atoms with Crippen molar-refractivity contribution >= 4 is 17.6 Å². The molecule has 0 bridgehead atoms. The SMILES string of the molecule is CC1CCN(c2nc(CCl)co2)C1. The Bertz CT molecular complexity index is 287. The van der Waals surface area contributed by atoms with Crippen molar-refractivity contribution in [1.29, 1.82) is 0 Å². The molecule has 1 aromatic heterocycles. The van der Waals surface area contributed by atoms with E-state index in [9.17, 15) is 0 Å². The Morgan fingerprint density at radius 2 is 2.62 bits per heavy atom. The maximum absolute atomic E-state index is 5.63. The molecular weight excluding hydrogens is 188 g/mol. The van der Waals surface area contributed by atoms with Gasteiger partial charge < -0.3 is 9.32 Å². The molecule has 1 aliphatic rings. The second kappa shape index (κ2) is 3.58. The first-order valence-corrected chi connectivity index (χ1v) is 5.08. The summed E-state index contributed by atoms with van der Waals surface area (Å²) in [6.45, 7) is 4.33. The number of oxazole rings is 1. The van der Waals surface area contributed by atoms with E-state index in [1.54, 1.807) is 6.26 Å². The number of hydrogen-bond acceptors (Lipinski definition) is 3. The zero-order valence-electron chi connectivity index (χ0n) is 7.66.